The number of nitro benzene ring substituents is 1. The average Bonchev–Trinajstić information content (AvgIpc) is 2.50. The van der Waals surface area contributed by atoms with Crippen LogP contribution in [0.4, 0.5) is 10.5 Å². The topological polar surface area (TPSA) is 128 Å². The van der Waals surface area contributed by atoms with Gasteiger partial charge in [0.05, 0.1) is 10.5 Å². The van der Waals surface area contributed by atoms with Crippen LogP contribution >= 0.6 is 0 Å². The van der Waals surface area contributed by atoms with Crippen molar-refractivity contribution in [3.8, 4) is 0 Å². The summed E-state index contributed by atoms with van der Waals surface area (Å²) in [6.07, 6.45) is 0. The minimum absolute atomic E-state index is 0.0789. The lowest BCUT2D eigenvalue weighted by molar-refractivity contribution is -0.385. The van der Waals surface area contributed by atoms with E-state index in [0.29, 0.717) is 12.1 Å². The van der Waals surface area contributed by atoms with E-state index in [1.165, 1.54) is 25.1 Å². The van der Waals surface area contributed by atoms with Crippen LogP contribution in [-0.2, 0) is 9.53 Å². The van der Waals surface area contributed by atoms with E-state index in [2.05, 4.69) is 5.32 Å². The molecule has 0 saturated carbocycles. The molecule has 0 spiro atoms. The number of benzene rings is 1. The number of nitrogens with zero attached hydrogens (tertiary/aromatic N) is 1. The monoisotopic (exact) mass is 337 g/mol. The second-order valence-electron chi connectivity index (χ2n) is 5.49. The van der Waals surface area contributed by atoms with Crippen LogP contribution in [0.15, 0.2) is 18.2 Å². The van der Waals surface area contributed by atoms with Crippen LogP contribution in [0.2, 0.25) is 0 Å². The predicted octanol–water partition coefficient (Wildman–Crippen LogP) is 1.54. The predicted molar refractivity (Wildman–Crippen MR) is 84.5 cm³/mol. The van der Waals surface area contributed by atoms with Crippen molar-refractivity contribution in [1.82, 2.24) is 10.6 Å². The Morgan fingerprint density at radius 3 is 2.50 bits per heavy atom. The Morgan fingerprint density at radius 1 is 1.29 bits per heavy atom. The summed E-state index contributed by atoms with van der Waals surface area (Å²) < 4.78 is 4.77. The summed E-state index contributed by atoms with van der Waals surface area (Å²) in [6, 6.07) is 3.05. The van der Waals surface area contributed by atoms with Crippen molar-refractivity contribution >= 4 is 23.6 Å². The molecule has 0 unspecified atom stereocenters. The minimum atomic E-state index is -0.814. The fraction of sp³-hybridized carbons (Fsp3) is 0.400. The number of urea groups is 1. The summed E-state index contributed by atoms with van der Waals surface area (Å²) in [7, 11) is 0. The van der Waals surface area contributed by atoms with Gasteiger partial charge < -0.3 is 10.1 Å². The highest BCUT2D eigenvalue weighted by molar-refractivity contribution is 5.97. The second kappa shape index (κ2) is 8.61. The molecule has 1 aromatic rings. The van der Waals surface area contributed by atoms with Crippen molar-refractivity contribution in [2.45, 2.75) is 20.8 Å². The van der Waals surface area contributed by atoms with Gasteiger partial charge in [0.1, 0.15) is 0 Å². The molecule has 130 valence electrons. The van der Waals surface area contributed by atoms with E-state index >= 15 is 0 Å². The van der Waals surface area contributed by atoms with E-state index < -0.39 is 29.4 Å². The van der Waals surface area contributed by atoms with Gasteiger partial charge in [0, 0.05) is 18.2 Å². The van der Waals surface area contributed by atoms with Gasteiger partial charge in [0.25, 0.3) is 11.6 Å². The number of nitrogens with one attached hydrogen (secondary N) is 2. The number of aryl methyl sites for hydroxylation is 1. The normalized spacial score (nSPS) is 10.2. The van der Waals surface area contributed by atoms with Crippen LogP contribution in [0.5, 0.6) is 0 Å². The molecule has 0 bridgehead atoms. The van der Waals surface area contributed by atoms with Gasteiger partial charge in [0.15, 0.2) is 6.61 Å². The molecule has 0 aliphatic heterocycles. The first-order valence-corrected chi connectivity index (χ1v) is 7.20. The van der Waals surface area contributed by atoms with Crippen molar-refractivity contribution in [3.63, 3.8) is 0 Å². The maximum atomic E-state index is 11.8. The third-order valence-electron chi connectivity index (χ3n) is 2.89. The molecule has 0 fully saturated rings. The van der Waals surface area contributed by atoms with Crippen LogP contribution in [0, 0.1) is 23.0 Å². The summed E-state index contributed by atoms with van der Waals surface area (Å²) >= 11 is 0. The molecule has 0 aromatic heterocycles. The van der Waals surface area contributed by atoms with Gasteiger partial charge in [-0.1, -0.05) is 13.8 Å². The Kier molecular flexibility index (Phi) is 6.84. The third-order valence-corrected chi connectivity index (χ3v) is 2.89. The quantitative estimate of drug-likeness (QED) is 0.460. The Labute approximate surface area is 138 Å². The van der Waals surface area contributed by atoms with Crippen LogP contribution in [0.1, 0.15) is 29.8 Å². The summed E-state index contributed by atoms with van der Waals surface area (Å²) in [6.45, 7) is 5.05. The molecule has 1 rings (SSSR count). The Balaban J connectivity index is 2.51. The number of hydrogen-bond donors (Lipinski definition) is 2. The van der Waals surface area contributed by atoms with E-state index in [1.807, 2.05) is 19.2 Å². The number of nitro groups is 1. The van der Waals surface area contributed by atoms with Gasteiger partial charge >= 0.3 is 12.0 Å². The van der Waals surface area contributed by atoms with Gasteiger partial charge in [-0.25, -0.2) is 9.59 Å². The minimum Gasteiger partial charge on any atom is -0.452 e. The van der Waals surface area contributed by atoms with Gasteiger partial charge in [0.2, 0.25) is 0 Å². The van der Waals surface area contributed by atoms with Crippen LogP contribution in [0.3, 0.4) is 0 Å². The van der Waals surface area contributed by atoms with Crippen molar-refractivity contribution in [2.75, 3.05) is 13.2 Å². The number of imide groups is 1. The summed E-state index contributed by atoms with van der Waals surface area (Å²) in [5.41, 5.74) is 0.258. The van der Waals surface area contributed by atoms with Gasteiger partial charge in [-0.2, -0.15) is 0 Å². The molecule has 3 amide bonds. The number of amides is 3. The van der Waals surface area contributed by atoms with Crippen molar-refractivity contribution < 1.29 is 24.0 Å². The number of esters is 1. The smallest absolute Gasteiger partial charge is 0.338 e. The molecular formula is C15H19N3O6. The van der Waals surface area contributed by atoms with E-state index in [0.717, 1.165) is 0 Å². The van der Waals surface area contributed by atoms with Crippen LogP contribution in [0.25, 0.3) is 0 Å². The Morgan fingerprint density at radius 2 is 1.96 bits per heavy atom. The maximum Gasteiger partial charge on any atom is 0.338 e. The number of carbonyl (C=O) groups excluding carboxylic acids is 3. The number of carbonyl (C=O) groups is 3. The first-order chi connectivity index (χ1) is 11.2. The van der Waals surface area contributed by atoms with Gasteiger partial charge in [-0.3, -0.25) is 20.2 Å². The van der Waals surface area contributed by atoms with E-state index in [9.17, 15) is 24.5 Å². The lowest BCUT2D eigenvalue weighted by atomic mass is 10.1. The fourth-order valence-electron chi connectivity index (χ4n) is 1.71. The zero-order valence-corrected chi connectivity index (χ0v) is 13.6. The first kappa shape index (κ1) is 19.1. The molecule has 0 aliphatic rings. The molecule has 1 aromatic carbocycles. The highest BCUT2D eigenvalue weighted by Gasteiger charge is 2.16. The lowest BCUT2D eigenvalue weighted by Gasteiger charge is -2.09. The number of rotatable bonds is 6. The Bertz CT molecular complexity index is 657. The van der Waals surface area contributed by atoms with Gasteiger partial charge in [-0.05, 0) is 25.0 Å². The lowest BCUT2D eigenvalue weighted by Crippen LogP contribution is -2.42. The molecular weight excluding hydrogens is 318 g/mol. The zero-order valence-electron chi connectivity index (χ0n) is 13.6. The molecule has 24 heavy (non-hydrogen) atoms. The van der Waals surface area contributed by atoms with Crippen molar-refractivity contribution in [2.24, 2.45) is 5.92 Å². The fourth-order valence-corrected chi connectivity index (χ4v) is 1.71. The van der Waals surface area contributed by atoms with E-state index in [1.54, 1.807) is 0 Å². The third kappa shape index (κ3) is 6.03. The first-order valence-electron chi connectivity index (χ1n) is 7.20. The molecule has 0 heterocycles. The summed E-state index contributed by atoms with van der Waals surface area (Å²) in [5, 5.41) is 15.2. The largest absolute Gasteiger partial charge is 0.452 e. The standard InChI is InChI=1S/C15H19N3O6/c1-9(2)7-16-15(21)17-13(19)8-24-14(20)11-4-5-12(18(22)23)10(3)6-11/h4-6,9H,7-8H2,1-3H3,(H2,16,17,19,21). The summed E-state index contributed by atoms with van der Waals surface area (Å²) in [4.78, 5) is 44.8. The van der Waals surface area contributed by atoms with Gasteiger partial charge in [-0.15, -0.1) is 0 Å². The Hall–Kier alpha value is -2.97. The van der Waals surface area contributed by atoms with E-state index in [4.69, 9.17) is 4.74 Å². The molecule has 0 aliphatic carbocycles. The molecule has 9 nitrogen and oxygen atoms in total. The maximum absolute atomic E-state index is 11.8. The van der Waals surface area contributed by atoms with Crippen LogP contribution in [-0.4, -0.2) is 36.0 Å². The SMILES string of the molecule is Cc1cc(C(=O)OCC(=O)NC(=O)NCC(C)C)ccc1[N+](=O)[O-]. The molecule has 0 radical (unpaired) electrons. The van der Waals surface area contributed by atoms with Crippen molar-refractivity contribution in [1.29, 1.82) is 0 Å². The average molecular weight is 337 g/mol. The number of ether oxygens (including phenoxy) is 1. The highest BCUT2D eigenvalue weighted by atomic mass is 16.6. The molecule has 9 heteroatoms. The zero-order chi connectivity index (χ0) is 18.3. The highest BCUT2D eigenvalue weighted by Crippen LogP contribution is 2.19. The van der Waals surface area contributed by atoms with Crippen LogP contribution < -0.4 is 10.6 Å². The molecule has 0 atom stereocenters. The summed E-state index contributed by atoms with van der Waals surface area (Å²) in [5.74, 6) is -1.36. The van der Waals surface area contributed by atoms with E-state index in [-0.39, 0.29) is 17.2 Å². The molecule has 2 N–H and O–H groups in total. The second-order valence-corrected chi connectivity index (χ2v) is 5.49. The number of hydrogen-bond acceptors (Lipinski definition) is 6. The molecule has 0 saturated heterocycles. The van der Waals surface area contributed by atoms with Crippen molar-refractivity contribution in [3.05, 3.63) is 39.4 Å².